The zero-order chi connectivity index (χ0) is 29.7. The minimum atomic E-state index is -1.03. The fraction of sp³-hybridized carbons (Fsp3) is 0.200. The smallest absolute Gasteiger partial charge is 0.329 e. The van der Waals surface area contributed by atoms with Crippen molar-refractivity contribution in [1.82, 2.24) is 14.8 Å². The SMILES string of the molecule is COc1ccc(C=NNC(=O)C(=O)Nc2c(C)n(C)n(-c3ccccc3)c2=O)cc1COc1cc(C)c(Cl)c(C)c1. The molecule has 4 rings (SSSR count). The van der Waals surface area contributed by atoms with Gasteiger partial charge in [-0.15, -0.1) is 0 Å². The maximum atomic E-state index is 13.0. The Hall–Kier alpha value is -4.83. The molecule has 0 saturated heterocycles. The fourth-order valence-corrected chi connectivity index (χ4v) is 4.35. The van der Waals surface area contributed by atoms with E-state index in [0.29, 0.717) is 33.5 Å². The first-order chi connectivity index (χ1) is 19.6. The summed E-state index contributed by atoms with van der Waals surface area (Å²) in [4.78, 5) is 38.0. The summed E-state index contributed by atoms with van der Waals surface area (Å²) in [7, 11) is 3.25. The summed E-state index contributed by atoms with van der Waals surface area (Å²) in [5.74, 6) is -0.758. The number of halogens is 1. The molecule has 0 aliphatic rings. The summed E-state index contributed by atoms with van der Waals surface area (Å²) in [5, 5.41) is 7.00. The number of para-hydroxylation sites is 1. The van der Waals surface area contributed by atoms with Crippen molar-refractivity contribution in [2.75, 3.05) is 12.4 Å². The number of carbonyl (C=O) groups excluding carboxylic acids is 2. The number of hydrogen-bond donors (Lipinski definition) is 2. The Labute approximate surface area is 242 Å². The van der Waals surface area contributed by atoms with E-state index in [1.807, 2.05) is 32.0 Å². The fourth-order valence-electron chi connectivity index (χ4n) is 4.24. The quantitative estimate of drug-likeness (QED) is 0.183. The van der Waals surface area contributed by atoms with E-state index in [2.05, 4.69) is 15.8 Å². The number of aromatic nitrogens is 2. The Balaban J connectivity index is 1.42. The lowest BCUT2D eigenvalue weighted by molar-refractivity contribution is -0.136. The zero-order valence-electron chi connectivity index (χ0n) is 23.3. The van der Waals surface area contributed by atoms with Gasteiger partial charge in [0.25, 0.3) is 5.56 Å². The molecule has 0 unspecified atom stereocenters. The van der Waals surface area contributed by atoms with E-state index in [9.17, 15) is 14.4 Å². The Morgan fingerprint density at radius 2 is 1.68 bits per heavy atom. The number of hydrogen-bond acceptors (Lipinski definition) is 6. The highest BCUT2D eigenvalue weighted by molar-refractivity contribution is 6.39. The van der Waals surface area contributed by atoms with Crippen molar-refractivity contribution in [3.8, 4) is 17.2 Å². The Morgan fingerprint density at radius 1 is 1.00 bits per heavy atom. The summed E-state index contributed by atoms with van der Waals surface area (Å²) >= 11 is 6.25. The van der Waals surface area contributed by atoms with E-state index in [1.54, 1.807) is 68.2 Å². The van der Waals surface area contributed by atoms with Gasteiger partial charge < -0.3 is 14.8 Å². The largest absolute Gasteiger partial charge is 0.496 e. The highest BCUT2D eigenvalue weighted by Gasteiger charge is 2.21. The number of amides is 2. The second kappa shape index (κ2) is 12.6. The van der Waals surface area contributed by atoms with Crippen LogP contribution < -0.4 is 25.8 Å². The van der Waals surface area contributed by atoms with Crippen LogP contribution in [0.2, 0.25) is 5.02 Å². The van der Waals surface area contributed by atoms with E-state index >= 15 is 0 Å². The van der Waals surface area contributed by atoms with Crippen molar-refractivity contribution >= 4 is 35.3 Å². The first-order valence-electron chi connectivity index (χ1n) is 12.7. The predicted molar refractivity (Wildman–Crippen MR) is 158 cm³/mol. The molecule has 0 aliphatic carbocycles. The zero-order valence-corrected chi connectivity index (χ0v) is 24.1. The first kappa shape index (κ1) is 29.2. The molecule has 11 heteroatoms. The van der Waals surface area contributed by atoms with Crippen molar-refractivity contribution in [2.24, 2.45) is 12.1 Å². The van der Waals surface area contributed by atoms with E-state index in [1.165, 1.54) is 10.9 Å². The lowest BCUT2D eigenvalue weighted by atomic mass is 10.1. The standard InChI is InChI=1S/C30H30ClN5O5/c1-18-13-24(14-19(2)26(18)31)41-17-22-15-21(11-12-25(22)40-5)16-32-34-29(38)28(37)33-27-20(3)35(4)36(30(27)39)23-9-7-6-8-10-23/h6-16H,17H2,1-5H3,(H,33,37)(H,34,38). The molecule has 2 amide bonds. The van der Waals surface area contributed by atoms with Crippen molar-refractivity contribution in [1.29, 1.82) is 0 Å². The minimum Gasteiger partial charge on any atom is -0.496 e. The third kappa shape index (κ3) is 6.50. The monoisotopic (exact) mass is 575 g/mol. The van der Waals surface area contributed by atoms with Gasteiger partial charge in [-0.3, -0.25) is 19.1 Å². The van der Waals surface area contributed by atoms with Gasteiger partial charge in [-0.05, 0) is 79.9 Å². The van der Waals surface area contributed by atoms with Crippen molar-refractivity contribution in [3.63, 3.8) is 0 Å². The molecule has 212 valence electrons. The van der Waals surface area contributed by atoms with E-state index in [-0.39, 0.29) is 12.3 Å². The highest BCUT2D eigenvalue weighted by atomic mass is 35.5. The molecule has 0 atom stereocenters. The molecular weight excluding hydrogens is 546 g/mol. The number of hydrazone groups is 1. The Morgan fingerprint density at radius 3 is 2.34 bits per heavy atom. The van der Waals surface area contributed by atoms with Crippen LogP contribution >= 0.6 is 11.6 Å². The van der Waals surface area contributed by atoms with Gasteiger partial charge in [-0.25, -0.2) is 10.1 Å². The molecule has 0 saturated carbocycles. The van der Waals surface area contributed by atoms with E-state index in [4.69, 9.17) is 21.1 Å². The topological polar surface area (TPSA) is 116 Å². The van der Waals surface area contributed by atoms with Crippen LogP contribution in [0.1, 0.15) is 27.9 Å². The molecule has 0 aliphatic heterocycles. The van der Waals surface area contributed by atoms with Gasteiger partial charge in [0, 0.05) is 17.6 Å². The molecule has 41 heavy (non-hydrogen) atoms. The number of rotatable bonds is 8. The summed E-state index contributed by atoms with van der Waals surface area (Å²) in [6, 6.07) is 18.0. The Kier molecular flexibility index (Phi) is 8.94. The van der Waals surface area contributed by atoms with Crippen LogP contribution in [0.25, 0.3) is 5.69 Å². The molecule has 4 aromatic rings. The second-order valence-corrected chi connectivity index (χ2v) is 9.70. The van der Waals surface area contributed by atoms with E-state index < -0.39 is 17.4 Å². The first-order valence-corrected chi connectivity index (χ1v) is 13.0. The Bertz CT molecular complexity index is 1670. The summed E-state index contributed by atoms with van der Waals surface area (Å²) in [5.41, 5.74) is 6.07. The maximum Gasteiger partial charge on any atom is 0.329 e. The van der Waals surface area contributed by atoms with Crippen LogP contribution in [0.4, 0.5) is 5.69 Å². The highest BCUT2D eigenvalue weighted by Crippen LogP contribution is 2.27. The molecule has 1 aromatic heterocycles. The lowest BCUT2D eigenvalue weighted by Gasteiger charge is -2.13. The number of nitrogens with zero attached hydrogens (tertiary/aromatic N) is 3. The van der Waals surface area contributed by atoms with Crippen LogP contribution in [0.5, 0.6) is 11.5 Å². The average molecular weight is 576 g/mol. The number of nitrogens with one attached hydrogen (secondary N) is 2. The normalized spacial score (nSPS) is 11.0. The molecule has 2 N–H and O–H groups in total. The number of carbonyl (C=O) groups is 2. The second-order valence-electron chi connectivity index (χ2n) is 9.32. The van der Waals surface area contributed by atoms with Crippen molar-refractivity contribution in [3.05, 3.63) is 104 Å². The summed E-state index contributed by atoms with van der Waals surface area (Å²) in [6.45, 7) is 5.72. The number of anilines is 1. The number of aryl methyl sites for hydroxylation is 2. The molecule has 0 spiro atoms. The molecule has 0 bridgehead atoms. The number of benzene rings is 3. The average Bonchev–Trinajstić information content (AvgIpc) is 3.17. The lowest BCUT2D eigenvalue weighted by Crippen LogP contribution is -2.34. The van der Waals surface area contributed by atoms with Gasteiger partial charge in [0.05, 0.1) is 24.7 Å². The van der Waals surface area contributed by atoms with Crippen LogP contribution in [-0.4, -0.2) is 34.5 Å². The summed E-state index contributed by atoms with van der Waals surface area (Å²) < 4.78 is 14.4. The number of methoxy groups -OCH3 is 1. The van der Waals surface area contributed by atoms with Gasteiger partial charge in [-0.2, -0.15) is 5.10 Å². The van der Waals surface area contributed by atoms with Crippen LogP contribution in [-0.2, 0) is 23.2 Å². The summed E-state index contributed by atoms with van der Waals surface area (Å²) in [6.07, 6.45) is 1.39. The third-order valence-electron chi connectivity index (χ3n) is 6.49. The minimum absolute atomic E-state index is 0.00588. The molecule has 0 fully saturated rings. The number of ether oxygens (including phenoxy) is 2. The molecule has 1 heterocycles. The molecule has 10 nitrogen and oxygen atoms in total. The van der Waals surface area contributed by atoms with Gasteiger partial charge in [-0.1, -0.05) is 29.8 Å². The van der Waals surface area contributed by atoms with Crippen LogP contribution in [0.15, 0.2) is 70.6 Å². The third-order valence-corrected chi connectivity index (χ3v) is 7.08. The molecule has 0 radical (unpaired) electrons. The predicted octanol–water partition coefficient (Wildman–Crippen LogP) is 4.43. The van der Waals surface area contributed by atoms with Crippen molar-refractivity contribution < 1.29 is 19.1 Å². The maximum absolute atomic E-state index is 13.0. The van der Waals surface area contributed by atoms with Crippen LogP contribution in [0, 0.1) is 20.8 Å². The van der Waals surface area contributed by atoms with Crippen molar-refractivity contribution in [2.45, 2.75) is 27.4 Å². The van der Waals surface area contributed by atoms with E-state index in [0.717, 1.165) is 16.7 Å². The van der Waals surface area contributed by atoms with Gasteiger partial charge in [0.15, 0.2) is 0 Å². The molecular formula is C30H30ClN5O5. The van der Waals surface area contributed by atoms with Gasteiger partial charge in [0.1, 0.15) is 23.8 Å². The van der Waals surface area contributed by atoms with Crippen LogP contribution in [0.3, 0.4) is 0 Å². The molecule has 3 aromatic carbocycles. The van der Waals surface area contributed by atoms with Gasteiger partial charge in [0.2, 0.25) is 0 Å². The van der Waals surface area contributed by atoms with Gasteiger partial charge >= 0.3 is 11.8 Å².